The molecular formula is C9H12O2S. The van der Waals surface area contributed by atoms with Crippen LogP contribution in [0.25, 0.3) is 0 Å². The number of rotatable bonds is 1. The van der Waals surface area contributed by atoms with Crippen LogP contribution in [0.3, 0.4) is 0 Å². The van der Waals surface area contributed by atoms with E-state index in [9.17, 15) is 10.2 Å². The molecule has 0 aromatic heterocycles. The monoisotopic (exact) mass is 184 g/mol. The summed E-state index contributed by atoms with van der Waals surface area (Å²) in [6.45, 7) is 3.71. The summed E-state index contributed by atoms with van der Waals surface area (Å²) in [5.41, 5.74) is 1.75. The zero-order valence-corrected chi connectivity index (χ0v) is 8.20. The van der Waals surface area contributed by atoms with Gasteiger partial charge in [-0.2, -0.15) is 0 Å². The fourth-order valence-corrected chi connectivity index (χ4v) is 2.03. The van der Waals surface area contributed by atoms with Gasteiger partial charge in [-0.1, -0.05) is 0 Å². The zero-order chi connectivity index (χ0) is 9.30. The Labute approximate surface area is 76.2 Å². The fourth-order valence-electron chi connectivity index (χ4n) is 1.25. The molecule has 0 saturated carbocycles. The van der Waals surface area contributed by atoms with Crippen LogP contribution < -0.4 is 0 Å². The number of benzene rings is 1. The van der Waals surface area contributed by atoms with E-state index >= 15 is 0 Å². The highest BCUT2D eigenvalue weighted by Gasteiger charge is 2.10. The van der Waals surface area contributed by atoms with Gasteiger partial charge in [-0.3, -0.25) is 0 Å². The van der Waals surface area contributed by atoms with Crippen LogP contribution in [0.1, 0.15) is 11.1 Å². The highest BCUT2D eigenvalue weighted by Crippen LogP contribution is 2.37. The van der Waals surface area contributed by atoms with Crippen LogP contribution in [0.15, 0.2) is 11.0 Å². The van der Waals surface area contributed by atoms with Crippen LogP contribution >= 0.6 is 11.8 Å². The second-order valence-corrected chi connectivity index (χ2v) is 3.54. The van der Waals surface area contributed by atoms with Crippen molar-refractivity contribution in [2.24, 2.45) is 0 Å². The third-order valence-corrected chi connectivity index (χ3v) is 2.89. The molecule has 0 radical (unpaired) electrons. The highest BCUT2D eigenvalue weighted by molar-refractivity contribution is 7.98. The van der Waals surface area contributed by atoms with E-state index in [2.05, 4.69) is 0 Å². The molecule has 1 rings (SSSR count). The Balaban J connectivity index is 3.40. The van der Waals surface area contributed by atoms with Crippen molar-refractivity contribution < 1.29 is 10.2 Å². The molecule has 0 aliphatic carbocycles. The fraction of sp³-hybridized carbons (Fsp3) is 0.333. The van der Waals surface area contributed by atoms with Crippen molar-refractivity contribution in [2.45, 2.75) is 18.7 Å². The van der Waals surface area contributed by atoms with Crippen molar-refractivity contribution in [1.82, 2.24) is 0 Å². The Kier molecular flexibility index (Phi) is 2.52. The molecule has 2 N–H and O–H groups in total. The quantitative estimate of drug-likeness (QED) is 0.520. The maximum absolute atomic E-state index is 9.38. The lowest BCUT2D eigenvalue weighted by atomic mass is 10.1. The predicted molar refractivity (Wildman–Crippen MR) is 51.0 cm³/mol. The molecular weight excluding hydrogens is 172 g/mol. The molecule has 0 unspecified atom stereocenters. The predicted octanol–water partition coefficient (Wildman–Crippen LogP) is 2.44. The van der Waals surface area contributed by atoms with E-state index in [1.165, 1.54) is 0 Å². The van der Waals surface area contributed by atoms with E-state index in [0.29, 0.717) is 0 Å². The molecule has 0 saturated heterocycles. The van der Waals surface area contributed by atoms with E-state index in [1.54, 1.807) is 24.8 Å². The topological polar surface area (TPSA) is 40.5 Å². The van der Waals surface area contributed by atoms with Crippen molar-refractivity contribution in [3.63, 3.8) is 0 Å². The van der Waals surface area contributed by atoms with Gasteiger partial charge in [0.05, 0.1) is 0 Å². The van der Waals surface area contributed by atoms with Crippen molar-refractivity contribution >= 4 is 11.8 Å². The molecule has 1 aromatic rings. The summed E-state index contributed by atoms with van der Waals surface area (Å²) in [5, 5.41) is 18.6. The average Bonchev–Trinajstić information content (AvgIpc) is 2.01. The largest absolute Gasteiger partial charge is 0.504 e. The lowest BCUT2D eigenvalue weighted by Gasteiger charge is -2.09. The first-order valence-electron chi connectivity index (χ1n) is 3.64. The van der Waals surface area contributed by atoms with Crippen LogP contribution in [0.2, 0.25) is 0 Å². The van der Waals surface area contributed by atoms with Crippen LogP contribution in [0.5, 0.6) is 11.5 Å². The number of hydrogen-bond acceptors (Lipinski definition) is 3. The molecule has 0 amide bonds. The minimum Gasteiger partial charge on any atom is -0.504 e. The molecule has 66 valence electrons. The summed E-state index contributed by atoms with van der Waals surface area (Å²) in [6, 6.07) is 1.58. The van der Waals surface area contributed by atoms with Gasteiger partial charge in [0, 0.05) is 10.5 Å². The van der Waals surface area contributed by atoms with Gasteiger partial charge in [0.25, 0.3) is 0 Å². The number of thioether (sulfide) groups is 1. The van der Waals surface area contributed by atoms with E-state index in [-0.39, 0.29) is 11.5 Å². The highest BCUT2D eigenvalue weighted by atomic mass is 32.2. The first-order chi connectivity index (χ1) is 5.57. The number of hydrogen-bond donors (Lipinski definition) is 2. The third kappa shape index (κ3) is 1.37. The van der Waals surface area contributed by atoms with Crippen molar-refractivity contribution in [3.05, 3.63) is 17.2 Å². The molecule has 0 fully saturated rings. The Bertz CT molecular complexity index is 308. The molecule has 12 heavy (non-hydrogen) atoms. The molecule has 0 heterocycles. The molecule has 0 aliphatic rings. The lowest BCUT2D eigenvalue weighted by Crippen LogP contribution is -1.85. The normalized spacial score (nSPS) is 10.2. The zero-order valence-electron chi connectivity index (χ0n) is 7.38. The van der Waals surface area contributed by atoms with Gasteiger partial charge >= 0.3 is 0 Å². The van der Waals surface area contributed by atoms with Crippen LogP contribution in [0.4, 0.5) is 0 Å². The molecule has 0 spiro atoms. The molecule has 3 heteroatoms. The Morgan fingerprint density at radius 1 is 1.25 bits per heavy atom. The maximum atomic E-state index is 9.38. The summed E-state index contributed by atoms with van der Waals surface area (Å²) in [7, 11) is 0. The third-order valence-electron chi connectivity index (χ3n) is 1.85. The van der Waals surface area contributed by atoms with Crippen LogP contribution in [0, 0.1) is 13.8 Å². The minimum absolute atomic E-state index is 0.00931. The lowest BCUT2D eigenvalue weighted by molar-refractivity contribution is 0.399. The second-order valence-electron chi connectivity index (χ2n) is 2.72. The summed E-state index contributed by atoms with van der Waals surface area (Å²) in [5.74, 6) is -0.0484. The first-order valence-corrected chi connectivity index (χ1v) is 4.86. The smallest absolute Gasteiger partial charge is 0.161 e. The summed E-state index contributed by atoms with van der Waals surface area (Å²) < 4.78 is 0. The summed E-state index contributed by atoms with van der Waals surface area (Å²) in [6.07, 6.45) is 1.95. The van der Waals surface area contributed by atoms with Gasteiger partial charge in [0.2, 0.25) is 0 Å². The summed E-state index contributed by atoms with van der Waals surface area (Å²) >= 11 is 1.57. The molecule has 0 atom stereocenters. The number of phenolic OH excluding ortho intramolecular Hbond substituents is 2. The van der Waals surface area contributed by atoms with Gasteiger partial charge in [-0.15, -0.1) is 11.8 Å². The number of phenols is 2. The van der Waals surface area contributed by atoms with Crippen molar-refractivity contribution in [3.8, 4) is 11.5 Å². The van der Waals surface area contributed by atoms with Gasteiger partial charge in [-0.25, -0.2) is 0 Å². The molecule has 0 bridgehead atoms. The first kappa shape index (κ1) is 9.26. The SMILES string of the molecule is CSc1c(C)cc(O)c(O)c1C. The maximum Gasteiger partial charge on any atom is 0.161 e. The van der Waals surface area contributed by atoms with E-state index in [4.69, 9.17) is 0 Å². The van der Waals surface area contributed by atoms with Crippen molar-refractivity contribution in [1.29, 1.82) is 0 Å². The molecule has 1 aromatic carbocycles. The van der Waals surface area contributed by atoms with E-state index in [1.807, 2.05) is 13.2 Å². The Morgan fingerprint density at radius 2 is 1.83 bits per heavy atom. The minimum atomic E-state index is -0.0391. The Hall–Kier alpha value is -0.830. The van der Waals surface area contributed by atoms with Gasteiger partial charge in [0.1, 0.15) is 0 Å². The number of aryl methyl sites for hydroxylation is 1. The van der Waals surface area contributed by atoms with Crippen LogP contribution in [-0.2, 0) is 0 Å². The van der Waals surface area contributed by atoms with Crippen molar-refractivity contribution in [2.75, 3.05) is 6.26 Å². The van der Waals surface area contributed by atoms with Gasteiger partial charge < -0.3 is 10.2 Å². The molecule has 2 nitrogen and oxygen atoms in total. The average molecular weight is 184 g/mol. The Morgan fingerprint density at radius 3 is 2.33 bits per heavy atom. The molecule has 0 aliphatic heterocycles. The van der Waals surface area contributed by atoms with E-state index in [0.717, 1.165) is 16.0 Å². The standard InChI is InChI=1S/C9H12O2S/c1-5-4-7(10)8(11)6(2)9(5)12-3/h4,10-11H,1-3H3. The van der Waals surface area contributed by atoms with Crippen LogP contribution in [-0.4, -0.2) is 16.5 Å². The van der Waals surface area contributed by atoms with E-state index < -0.39 is 0 Å². The second kappa shape index (κ2) is 3.27. The number of aromatic hydroxyl groups is 2. The van der Waals surface area contributed by atoms with Gasteiger partial charge in [-0.05, 0) is 31.7 Å². The van der Waals surface area contributed by atoms with Gasteiger partial charge in [0.15, 0.2) is 11.5 Å². The summed E-state index contributed by atoms with van der Waals surface area (Å²) in [4.78, 5) is 1.03.